The third-order valence-corrected chi connectivity index (χ3v) is 9.43. The third kappa shape index (κ3) is 6.17. The van der Waals surface area contributed by atoms with Crippen LogP contribution in [0.2, 0.25) is 0 Å². The molecule has 1 heterocycles. The number of benzene rings is 2. The Labute approximate surface area is 230 Å². The Balaban J connectivity index is 1.41. The number of allylic oxidation sites excluding steroid dienone is 3. The number of imidazole rings is 1. The third-order valence-electron chi connectivity index (χ3n) is 7.92. The predicted octanol–water partition coefficient (Wildman–Crippen LogP) is 5.95. The Kier molecular flexibility index (Phi) is 8.33. The van der Waals surface area contributed by atoms with Crippen LogP contribution in [0.4, 0.5) is 0 Å². The van der Waals surface area contributed by atoms with E-state index in [4.69, 9.17) is 4.98 Å². The van der Waals surface area contributed by atoms with Gasteiger partial charge in [0.05, 0.1) is 21.8 Å². The van der Waals surface area contributed by atoms with E-state index in [-0.39, 0.29) is 16.9 Å². The molecule has 2 aliphatic carbocycles. The fraction of sp³-hybridized carbons (Fsp3) is 0.419. The first-order valence-corrected chi connectivity index (χ1v) is 15.5. The molecular formula is C31H37N3O4S. The first-order valence-electron chi connectivity index (χ1n) is 14.0. The zero-order valence-corrected chi connectivity index (χ0v) is 23.2. The Morgan fingerprint density at radius 1 is 1.05 bits per heavy atom. The van der Waals surface area contributed by atoms with Crippen LogP contribution in [0, 0.1) is 5.92 Å². The minimum Gasteiger partial charge on any atom is -0.481 e. The second-order valence-electron chi connectivity index (χ2n) is 10.7. The molecule has 1 aromatic heterocycles. The molecule has 0 radical (unpaired) electrons. The zero-order chi connectivity index (χ0) is 27.4. The smallest absolute Gasteiger partial charge is 0.311 e. The van der Waals surface area contributed by atoms with Gasteiger partial charge in [-0.05, 0) is 48.6 Å². The maximum atomic E-state index is 13.1. The lowest BCUT2D eigenvalue weighted by Gasteiger charge is -2.22. The van der Waals surface area contributed by atoms with Crippen molar-refractivity contribution in [2.75, 3.05) is 0 Å². The van der Waals surface area contributed by atoms with E-state index in [1.807, 2.05) is 42.5 Å². The minimum atomic E-state index is -3.61. The standard InChI is InChI=1S/C31H37N3O4S/c1-2-3-13-30-32-28-20-25(39(37,38)33-24-9-5-4-6-10-24)18-19-29(28)34(30)21-22-14-16-23(17-15-22)26-11-7-8-12-27(26)31(35)36/h7-8,11-12,14-20,24,26-27,33H,2-6,9-10,13,21H2,1H3,(H,35,36). The number of sulfonamides is 1. The van der Waals surface area contributed by atoms with Crippen molar-refractivity contribution in [1.29, 1.82) is 0 Å². The van der Waals surface area contributed by atoms with Crippen LogP contribution in [0.15, 0.2) is 71.7 Å². The number of hydrogen-bond donors (Lipinski definition) is 2. The topological polar surface area (TPSA) is 101 Å². The van der Waals surface area contributed by atoms with Crippen molar-refractivity contribution in [3.8, 4) is 0 Å². The summed E-state index contributed by atoms with van der Waals surface area (Å²) in [7, 11) is -3.61. The highest BCUT2D eigenvalue weighted by atomic mass is 32.2. The Hall–Kier alpha value is -3.23. The highest BCUT2D eigenvalue weighted by molar-refractivity contribution is 7.89. The van der Waals surface area contributed by atoms with Gasteiger partial charge in [-0.3, -0.25) is 4.79 Å². The maximum absolute atomic E-state index is 13.1. The Morgan fingerprint density at radius 3 is 2.51 bits per heavy atom. The average Bonchev–Trinajstić information content (AvgIpc) is 3.29. The van der Waals surface area contributed by atoms with Crippen LogP contribution in [0.25, 0.3) is 11.0 Å². The lowest BCUT2D eigenvalue weighted by atomic mass is 9.83. The van der Waals surface area contributed by atoms with Gasteiger partial charge in [-0.15, -0.1) is 0 Å². The van der Waals surface area contributed by atoms with E-state index in [1.54, 1.807) is 24.3 Å². The summed E-state index contributed by atoms with van der Waals surface area (Å²) in [6.45, 7) is 2.75. The molecule has 0 amide bonds. The molecule has 0 saturated heterocycles. The van der Waals surface area contributed by atoms with Crippen LogP contribution >= 0.6 is 0 Å². The second-order valence-corrected chi connectivity index (χ2v) is 12.4. The average molecular weight is 548 g/mol. The highest BCUT2D eigenvalue weighted by Gasteiger charge is 2.27. The van der Waals surface area contributed by atoms with Crippen LogP contribution in [0.1, 0.15) is 74.7 Å². The quantitative estimate of drug-likeness (QED) is 0.327. The van der Waals surface area contributed by atoms with Crippen molar-refractivity contribution in [2.24, 2.45) is 5.92 Å². The number of nitrogens with one attached hydrogen (secondary N) is 1. The molecule has 0 bridgehead atoms. The van der Waals surface area contributed by atoms with Gasteiger partial charge >= 0.3 is 5.97 Å². The molecular weight excluding hydrogens is 510 g/mol. The number of rotatable bonds is 10. The van der Waals surface area contributed by atoms with Crippen LogP contribution in [0.3, 0.4) is 0 Å². The summed E-state index contributed by atoms with van der Waals surface area (Å²) in [6.07, 6.45) is 15.3. The summed E-state index contributed by atoms with van der Waals surface area (Å²) in [5.41, 5.74) is 3.64. The summed E-state index contributed by atoms with van der Waals surface area (Å²) in [6, 6.07) is 13.4. The summed E-state index contributed by atoms with van der Waals surface area (Å²) < 4.78 is 31.4. The molecule has 1 saturated carbocycles. The van der Waals surface area contributed by atoms with Gasteiger partial charge in [0.2, 0.25) is 10.0 Å². The van der Waals surface area contributed by atoms with Gasteiger partial charge in [0.15, 0.2) is 0 Å². The van der Waals surface area contributed by atoms with Crippen molar-refractivity contribution < 1.29 is 18.3 Å². The van der Waals surface area contributed by atoms with Crippen molar-refractivity contribution in [3.63, 3.8) is 0 Å². The van der Waals surface area contributed by atoms with Gasteiger partial charge in [0.1, 0.15) is 5.82 Å². The summed E-state index contributed by atoms with van der Waals surface area (Å²) in [5.74, 6) is -0.655. The highest BCUT2D eigenvalue weighted by Crippen LogP contribution is 2.31. The largest absolute Gasteiger partial charge is 0.481 e. The Morgan fingerprint density at radius 2 is 1.79 bits per heavy atom. The van der Waals surface area contributed by atoms with Crippen LogP contribution in [-0.4, -0.2) is 35.1 Å². The molecule has 3 aromatic rings. The van der Waals surface area contributed by atoms with Gasteiger partial charge in [0, 0.05) is 24.9 Å². The zero-order valence-electron chi connectivity index (χ0n) is 22.4. The lowest BCUT2D eigenvalue weighted by Crippen LogP contribution is -2.36. The first-order chi connectivity index (χ1) is 18.9. The number of carboxylic acids is 1. The van der Waals surface area contributed by atoms with E-state index in [9.17, 15) is 18.3 Å². The number of unbranched alkanes of at least 4 members (excludes halogenated alkanes) is 1. The van der Waals surface area contributed by atoms with Crippen molar-refractivity contribution in [2.45, 2.75) is 81.7 Å². The molecule has 0 spiro atoms. The monoisotopic (exact) mass is 547 g/mol. The number of aliphatic carboxylic acids is 1. The first kappa shape index (κ1) is 27.3. The molecule has 2 aliphatic rings. The maximum Gasteiger partial charge on any atom is 0.311 e. The predicted molar refractivity (Wildman–Crippen MR) is 153 cm³/mol. The van der Waals surface area contributed by atoms with Crippen LogP contribution in [-0.2, 0) is 27.8 Å². The van der Waals surface area contributed by atoms with Gasteiger partial charge in [0.25, 0.3) is 0 Å². The van der Waals surface area contributed by atoms with E-state index < -0.39 is 21.9 Å². The van der Waals surface area contributed by atoms with Crippen LogP contribution < -0.4 is 4.72 Å². The molecule has 7 nitrogen and oxygen atoms in total. The van der Waals surface area contributed by atoms with Gasteiger partial charge in [-0.2, -0.15) is 0 Å². The van der Waals surface area contributed by atoms with Crippen molar-refractivity contribution in [3.05, 3.63) is 83.7 Å². The van der Waals surface area contributed by atoms with E-state index in [0.717, 1.165) is 67.4 Å². The molecule has 0 aliphatic heterocycles. The molecule has 39 heavy (non-hydrogen) atoms. The lowest BCUT2D eigenvalue weighted by molar-refractivity contribution is -0.140. The SMILES string of the molecule is CCCCc1nc2cc(S(=O)(=O)NC3CCCCC3)ccc2n1Cc1ccc(C2C=CC=CC2C(=O)O)cc1. The molecule has 2 atom stereocenters. The molecule has 2 unspecified atom stereocenters. The number of carbonyl (C=O) groups is 1. The van der Waals surface area contributed by atoms with E-state index in [0.29, 0.717) is 12.1 Å². The fourth-order valence-electron chi connectivity index (χ4n) is 5.73. The molecule has 206 valence electrons. The second kappa shape index (κ2) is 11.9. The minimum absolute atomic E-state index is 0.00555. The number of carboxylic acid groups (broad SMARTS) is 1. The van der Waals surface area contributed by atoms with Gasteiger partial charge < -0.3 is 9.67 Å². The number of fused-ring (bicyclic) bond motifs is 1. The molecule has 2 N–H and O–H groups in total. The number of aryl methyl sites for hydroxylation is 1. The number of hydrogen-bond acceptors (Lipinski definition) is 4. The molecule has 5 rings (SSSR count). The summed E-state index contributed by atoms with van der Waals surface area (Å²) in [4.78, 5) is 16.9. The van der Waals surface area contributed by atoms with Crippen molar-refractivity contribution in [1.82, 2.24) is 14.3 Å². The normalized spacial score (nSPS) is 20.0. The molecule has 1 fully saturated rings. The van der Waals surface area contributed by atoms with E-state index in [2.05, 4.69) is 16.2 Å². The van der Waals surface area contributed by atoms with E-state index >= 15 is 0 Å². The molecule has 2 aromatic carbocycles. The van der Waals surface area contributed by atoms with Gasteiger partial charge in [-0.1, -0.05) is 81.2 Å². The number of aromatic nitrogens is 2. The Bertz CT molecular complexity index is 1480. The molecule has 8 heteroatoms. The summed E-state index contributed by atoms with van der Waals surface area (Å²) >= 11 is 0. The fourth-order valence-corrected chi connectivity index (χ4v) is 7.05. The van der Waals surface area contributed by atoms with E-state index in [1.165, 1.54) is 6.42 Å². The number of nitrogens with zero attached hydrogens (tertiary/aromatic N) is 2. The van der Waals surface area contributed by atoms with Crippen molar-refractivity contribution >= 4 is 27.0 Å². The van der Waals surface area contributed by atoms with Gasteiger partial charge in [-0.25, -0.2) is 18.1 Å². The summed E-state index contributed by atoms with van der Waals surface area (Å²) in [5, 5.41) is 9.61. The van der Waals surface area contributed by atoms with Crippen LogP contribution in [0.5, 0.6) is 0 Å².